The van der Waals surface area contributed by atoms with Crippen LogP contribution in [0.25, 0.3) is 0 Å². The first-order valence-corrected chi connectivity index (χ1v) is 10.1. The highest BCUT2D eigenvalue weighted by Crippen LogP contribution is 2.39. The Morgan fingerprint density at radius 2 is 2.11 bits per heavy atom. The second-order valence-corrected chi connectivity index (χ2v) is 7.30. The van der Waals surface area contributed by atoms with Crippen LogP contribution in [-0.2, 0) is 19.0 Å². The number of rotatable bonds is 10. The number of aliphatic hydroxyl groups excluding tert-OH is 2. The fourth-order valence-corrected chi connectivity index (χ4v) is 3.90. The summed E-state index contributed by atoms with van der Waals surface area (Å²) in [4.78, 5) is 11.1. The Morgan fingerprint density at radius 1 is 1.26 bits per heavy atom. The number of methoxy groups -OCH3 is 1. The summed E-state index contributed by atoms with van der Waals surface area (Å²) >= 11 is 0. The molecule has 0 bridgehead atoms. The van der Waals surface area contributed by atoms with Crippen LogP contribution in [0.2, 0.25) is 0 Å². The van der Waals surface area contributed by atoms with Crippen molar-refractivity contribution in [3.63, 3.8) is 0 Å². The predicted octanol–water partition coefficient (Wildman–Crippen LogP) is 2.73. The summed E-state index contributed by atoms with van der Waals surface area (Å²) < 4.78 is 16.5. The molecule has 1 saturated carbocycles. The van der Waals surface area contributed by atoms with Gasteiger partial charge in [0.25, 0.3) is 0 Å². The predicted molar refractivity (Wildman–Crippen MR) is 102 cm³/mol. The minimum Gasteiger partial charge on any atom is -0.469 e. The third-order valence-electron chi connectivity index (χ3n) is 5.37. The molecule has 2 N–H and O–H groups in total. The zero-order valence-electron chi connectivity index (χ0n) is 16.3. The van der Waals surface area contributed by atoms with Gasteiger partial charge in [0.15, 0.2) is 6.29 Å². The third-order valence-corrected chi connectivity index (χ3v) is 5.37. The number of ether oxygens (including phenoxy) is 3. The fourth-order valence-electron chi connectivity index (χ4n) is 3.90. The lowest BCUT2D eigenvalue weighted by molar-refractivity contribution is -0.193. The molecule has 2 fully saturated rings. The van der Waals surface area contributed by atoms with Crippen molar-refractivity contribution in [2.45, 2.75) is 69.9 Å². The lowest BCUT2D eigenvalue weighted by Crippen LogP contribution is -2.30. The molecule has 154 valence electrons. The molecule has 6 heteroatoms. The van der Waals surface area contributed by atoms with Gasteiger partial charge < -0.3 is 24.4 Å². The lowest BCUT2D eigenvalue weighted by Gasteiger charge is -2.29. The van der Waals surface area contributed by atoms with E-state index in [0.717, 1.165) is 45.1 Å². The first kappa shape index (κ1) is 22.1. The van der Waals surface area contributed by atoms with Gasteiger partial charge in [0.05, 0.1) is 25.9 Å². The van der Waals surface area contributed by atoms with Crippen LogP contribution in [-0.4, -0.2) is 55.0 Å². The number of esters is 1. The topological polar surface area (TPSA) is 85.2 Å². The standard InChI is InChI=1S/C21H34O6/c1-25-20(24)11-5-3-2-4-9-16-17(10-8-13-22)19(15-18(16)23)27-21-12-6-7-14-26-21/h2,4,8,10,16-19,21-23H,3,5-7,9,11-15H2,1H3/b4-2-,10-8?/t16-,17-,18+,19-,21?/m0/s1. The maximum absolute atomic E-state index is 11.1. The highest BCUT2D eigenvalue weighted by molar-refractivity contribution is 5.69. The quantitative estimate of drug-likeness (QED) is 0.343. The number of carbonyl (C=O) groups excluding carboxylic acids is 1. The molecule has 0 amide bonds. The maximum atomic E-state index is 11.1. The second kappa shape index (κ2) is 12.3. The summed E-state index contributed by atoms with van der Waals surface area (Å²) in [6.45, 7) is 0.712. The van der Waals surface area contributed by atoms with Gasteiger partial charge in [0.1, 0.15) is 0 Å². The molecule has 6 nitrogen and oxygen atoms in total. The van der Waals surface area contributed by atoms with E-state index in [9.17, 15) is 9.90 Å². The Labute approximate surface area is 162 Å². The van der Waals surface area contributed by atoms with Gasteiger partial charge in [-0.1, -0.05) is 24.3 Å². The summed E-state index contributed by atoms with van der Waals surface area (Å²) in [7, 11) is 1.40. The van der Waals surface area contributed by atoms with Crippen LogP contribution in [0.3, 0.4) is 0 Å². The van der Waals surface area contributed by atoms with E-state index in [1.165, 1.54) is 7.11 Å². The van der Waals surface area contributed by atoms with Crippen molar-refractivity contribution < 1.29 is 29.2 Å². The van der Waals surface area contributed by atoms with Gasteiger partial charge in [0.2, 0.25) is 0 Å². The SMILES string of the molecule is COC(=O)CCC/C=C\C[C@H]1[C@H](C=CCO)[C@@H](OC2CCCCO2)C[C@H]1O. The molecule has 2 rings (SSSR count). The van der Waals surface area contributed by atoms with E-state index < -0.39 is 6.10 Å². The monoisotopic (exact) mass is 382 g/mol. The molecule has 5 atom stereocenters. The van der Waals surface area contributed by atoms with Gasteiger partial charge in [-0.2, -0.15) is 0 Å². The van der Waals surface area contributed by atoms with Gasteiger partial charge in [-0.15, -0.1) is 0 Å². The maximum Gasteiger partial charge on any atom is 0.305 e. The van der Waals surface area contributed by atoms with E-state index in [-0.39, 0.29) is 36.8 Å². The summed E-state index contributed by atoms with van der Waals surface area (Å²) in [6.07, 6.45) is 13.5. The van der Waals surface area contributed by atoms with Crippen molar-refractivity contribution in [3.8, 4) is 0 Å². The molecule has 0 aromatic carbocycles. The minimum atomic E-state index is -0.438. The number of aliphatic hydroxyl groups is 2. The van der Waals surface area contributed by atoms with Crippen molar-refractivity contribution >= 4 is 5.97 Å². The Hall–Kier alpha value is -1.21. The summed E-state index contributed by atoms with van der Waals surface area (Å²) in [5.74, 6) is -0.0793. The molecular weight excluding hydrogens is 348 g/mol. The van der Waals surface area contributed by atoms with Gasteiger partial charge in [-0.3, -0.25) is 4.79 Å². The number of unbranched alkanes of at least 4 members (excludes halogenated alkanes) is 1. The van der Waals surface area contributed by atoms with Crippen LogP contribution in [0.5, 0.6) is 0 Å². The molecule has 1 aliphatic heterocycles. The lowest BCUT2D eigenvalue weighted by atomic mass is 9.90. The average molecular weight is 382 g/mol. The van der Waals surface area contributed by atoms with Gasteiger partial charge in [-0.05, 0) is 44.4 Å². The summed E-state index contributed by atoms with van der Waals surface area (Å²) in [5.41, 5.74) is 0. The van der Waals surface area contributed by atoms with Gasteiger partial charge >= 0.3 is 5.97 Å². The van der Waals surface area contributed by atoms with Gasteiger partial charge in [-0.25, -0.2) is 0 Å². The van der Waals surface area contributed by atoms with Crippen LogP contribution in [0.1, 0.15) is 51.4 Å². The van der Waals surface area contributed by atoms with E-state index in [1.807, 2.05) is 6.08 Å². The number of carbonyl (C=O) groups is 1. The molecule has 0 aromatic rings. The molecule has 2 aliphatic rings. The fraction of sp³-hybridized carbons (Fsp3) is 0.762. The molecule has 1 unspecified atom stereocenters. The first-order valence-electron chi connectivity index (χ1n) is 10.1. The highest BCUT2D eigenvalue weighted by atomic mass is 16.7. The molecule has 0 radical (unpaired) electrons. The Morgan fingerprint density at radius 3 is 2.81 bits per heavy atom. The smallest absolute Gasteiger partial charge is 0.305 e. The average Bonchev–Trinajstić information content (AvgIpc) is 2.97. The minimum absolute atomic E-state index is 0.0185. The van der Waals surface area contributed by atoms with E-state index in [2.05, 4.69) is 16.9 Å². The number of allylic oxidation sites excluding steroid dienone is 2. The highest BCUT2D eigenvalue weighted by Gasteiger charge is 2.42. The summed E-state index contributed by atoms with van der Waals surface area (Å²) in [5, 5.41) is 19.7. The zero-order valence-corrected chi connectivity index (χ0v) is 16.3. The molecule has 27 heavy (non-hydrogen) atoms. The van der Waals surface area contributed by atoms with Crippen molar-refractivity contribution in [2.24, 2.45) is 11.8 Å². The van der Waals surface area contributed by atoms with E-state index in [0.29, 0.717) is 12.8 Å². The second-order valence-electron chi connectivity index (χ2n) is 7.30. The zero-order chi connectivity index (χ0) is 19.5. The third kappa shape index (κ3) is 7.37. The Kier molecular flexibility index (Phi) is 10.1. The van der Waals surface area contributed by atoms with Gasteiger partial charge in [0, 0.05) is 25.4 Å². The van der Waals surface area contributed by atoms with Crippen molar-refractivity contribution in [1.82, 2.24) is 0 Å². The van der Waals surface area contributed by atoms with Crippen molar-refractivity contribution in [3.05, 3.63) is 24.3 Å². The Balaban J connectivity index is 1.86. The van der Waals surface area contributed by atoms with E-state index in [1.54, 1.807) is 6.08 Å². The number of hydrogen-bond donors (Lipinski definition) is 2. The normalized spacial score (nSPS) is 31.7. The Bertz CT molecular complexity index is 483. The van der Waals surface area contributed by atoms with Crippen LogP contribution < -0.4 is 0 Å². The van der Waals surface area contributed by atoms with Crippen LogP contribution >= 0.6 is 0 Å². The van der Waals surface area contributed by atoms with E-state index >= 15 is 0 Å². The van der Waals surface area contributed by atoms with Crippen LogP contribution in [0, 0.1) is 11.8 Å². The van der Waals surface area contributed by atoms with E-state index in [4.69, 9.17) is 14.6 Å². The van der Waals surface area contributed by atoms with Crippen molar-refractivity contribution in [1.29, 1.82) is 0 Å². The largest absolute Gasteiger partial charge is 0.469 e. The molecule has 0 spiro atoms. The molecule has 1 aliphatic carbocycles. The van der Waals surface area contributed by atoms with Crippen LogP contribution in [0.15, 0.2) is 24.3 Å². The van der Waals surface area contributed by atoms with Crippen LogP contribution in [0.4, 0.5) is 0 Å². The number of hydrogen-bond acceptors (Lipinski definition) is 6. The molecule has 0 aromatic heterocycles. The summed E-state index contributed by atoms with van der Waals surface area (Å²) in [6, 6.07) is 0. The van der Waals surface area contributed by atoms with Crippen molar-refractivity contribution in [2.75, 3.05) is 20.3 Å². The molecular formula is C21H34O6. The molecule has 1 heterocycles. The molecule has 1 saturated heterocycles. The first-order chi connectivity index (χ1) is 13.2.